The Balaban J connectivity index is 1.53. The Hall–Kier alpha value is -2.58. The number of amides is 1. The quantitative estimate of drug-likeness (QED) is 0.424. The minimum absolute atomic E-state index is 0.0519. The minimum atomic E-state index is -0.223. The van der Waals surface area contributed by atoms with E-state index in [1.54, 1.807) is 11.3 Å². The van der Waals surface area contributed by atoms with E-state index in [0.717, 1.165) is 44.6 Å². The van der Waals surface area contributed by atoms with Crippen molar-refractivity contribution in [3.8, 4) is 0 Å². The number of hydrogen-bond donors (Lipinski definition) is 2. The van der Waals surface area contributed by atoms with E-state index in [4.69, 9.17) is 5.73 Å². The highest BCUT2D eigenvalue weighted by Gasteiger charge is 2.39. The molecule has 0 bridgehead atoms. The number of nitrogens with two attached hydrogens (primary N) is 1. The maximum Gasteiger partial charge on any atom is 0.237 e. The Kier molecular flexibility index (Phi) is 9.04. The first-order chi connectivity index (χ1) is 17.0. The molecule has 0 radical (unpaired) electrons. The summed E-state index contributed by atoms with van der Waals surface area (Å²) in [4.78, 5) is 20.4. The van der Waals surface area contributed by atoms with Crippen molar-refractivity contribution >= 4 is 17.2 Å². The van der Waals surface area contributed by atoms with Gasteiger partial charge in [0.05, 0.1) is 6.04 Å². The number of carbonyl (C=O) groups excluding carboxylic acids is 1. The Morgan fingerprint density at radius 3 is 2.57 bits per heavy atom. The Morgan fingerprint density at radius 1 is 1.11 bits per heavy atom. The lowest BCUT2D eigenvalue weighted by Crippen LogP contribution is -2.44. The van der Waals surface area contributed by atoms with Crippen molar-refractivity contribution in [2.24, 2.45) is 5.73 Å². The third-order valence-corrected chi connectivity index (χ3v) is 7.61. The minimum Gasteiger partial charge on any atom is -0.353 e. The lowest BCUT2D eigenvalue weighted by molar-refractivity contribution is -0.125. The molecule has 2 aromatic carbocycles. The summed E-state index contributed by atoms with van der Waals surface area (Å²) in [6.45, 7) is 6.20. The summed E-state index contributed by atoms with van der Waals surface area (Å²) in [5, 5.41) is 3.01. The molecule has 3 N–H and O–H groups in total. The van der Waals surface area contributed by atoms with Gasteiger partial charge in [0.1, 0.15) is 5.82 Å². The Labute approximate surface area is 211 Å². The number of aryl methyl sites for hydroxylation is 1. The van der Waals surface area contributed by atoms with Crippen molar-refractivity contribution in [2.75, 3.05) is 26.2 Å². The third-order valence-electron chi connectivity index (χ3n) is 6.63. The molecule has 0 aliphatic carbocycles. The van der Waals surface area contributed by atoms with Crippen LogP contribution >= 0.6 is 11.3 Å². The van der Waals surface area contributed by atoms with Crippen molar-refractivity contribution in [1.82, 2.24) is 15.1 Å². The molecule has 0 spiro atoms. The van der Waals surface area contributed by atoms with E-state index in [9.17, 15) is 9.18 Å². The second-order valence-electron chi connectivity index (χ2n) is 9.26. The van der Waals surface area contributed by atoms with Crippen LogP contribution in [0.2, 0.25) is 0 Å². The van der Waals surface area contributed by atoms with Crippen molar-refractivity contribution in [3.05, 3.63) is 93.4 Å². The van der Waals surface area contributed by atoms with Gasteiger partial charge in [-0.15, -0.1) is 11.3 Å². The molecule has 186 valence electrons. The van der Waals surface area contributed by atoms with E-state index in [1.807, 2.05) is 18.2 Å². The van der Waals surface area contributed by atoms with Gasteiger partial charge in [-0.05, 0) is 55.2 Å². The van der Waals surface area contributed by atoms with Gasteiger partial charge < -0.3 is 11.1 Å². The van der Waals surface area contributed by atoms with Gasteiger partial charge >= 0.3 is 0 Å². The van der Waals surface area contributed by atoms with Gasteiger partial charge in [-0.25, -0.2) is 4.39 Å². The fraction of sp³-hybridized carbons (Fsp3) is 0.393. The molecule has 7 heteroatoms. The van der Waals surface area contributed by atoms with Crippen LogP contribution in [-0.2, 0) is 24.3 Å². The van der Waals surface area contributed by atoms with E-state index in [-0.39, 0.29) is 23.8 Å². The summed E-state index contributed by atoms with van der Waals surface area (Å²) in [6.07, 6.45) is 1.68. The zero-order valence-electron chi connectivity index (χ0n) is 20.3. The molecule has 35 heavy (non-hydrogen) atoms. The molecule has 2 unspecified atom stereocenters. The van der Waals surface area contributed by atoms with Crippen molar-refractivity contribution in [2.45, 2.75) is 44.9 Å². The van der Waals surface area contributed by atoms with Gasteiger partial charge in [-0.1, -0.05) is 42.5 Å². The van der Waals surface area contributed by atoms with Crippen LogP contribution in [-0.4, -0.2) is 54.0 Å². The van der Waals surface area contributed by atoms with Crippen LogP contribution in [0.5, 0.6) is 0 Å². The molecule has 5 nitrogen and oxygen atoms in total. The number of thiophene rings is 1. The zero-order chi connectivity index (χ0) is 24.6. The Morgan fingerprint density at radius 2 is 1.89 bits per heavy atom. The summed E-state index contributed by atoms with van der Waals surface area (Å²) in [6, 6.07) is 21.6. The van der Waals surface area contributed by atoms with Crippen molar-refractivity contribution in [1.29, 1.82) is 0 Å². The maximum absolute atomic E-state index is 13.5. The van der Waals surface area contributed by atoms with Gasteiger partial charge in [-0.2, -0.15) is 0 Å². The number of rotatable bonds is 11. The number of hydrogen-bond acceptors (Lipinski definition) is 5. The average molecular weight is 495 g/mol. The molecule has 1 aliphatic rings. The fourth-order valence-electron chi connectivity index (χ4n) is 4.81. The van der Waals surface area contributed by atoms with Crippen LogP contribution in [0.3, 0.4) is 0 Å². The highest BCUT2D eigenvalue weighted by Crippen LogP contribution is 2.28. The van der Waals surface area contributed by atoms with Crippen molar-refractivity contribution in [3.63, 3.8) is 0 Å². The van der Waals surface area contributed by atoms with E-state index in [1.165, 1.54) is 27.5 Å². The second kappa shape index (κ2) is 12.4. The van der Waals surface area contributed by atoms with Crippen LogP contribution in [0.4, 0.5) is 4.39 Å². The molecule has 1 aromatic heterocycles. The third kappa shape index (κ3) is 7.21. The molecule has 0 saturated carbocycles. The van der Waals surface area contributed by atoms with Crippen LogP contribution in [0.1, 0.15) is 27.3 Å². The standard InChI is InChI=1S/C28H35FN4OS/c1-21-7-12-26(35-21)20-33-19-25(17-27(33)28(34)31-15-14-30)32(16-13-22-5-3-2-4-6-22)18-23-8-10-24(29)11-9-23/h2-12,25,27H,13-20,30H2,1H3,(H,31,34). The molecule has 1 fully saturated rings. The van der Waals surface area contributed by atoms with Gasteiger partial charge in [0.2, 0.25) is 5.91 Å². The topological polar surface area (TPSA) is 61.6 Å². The summed E-state index contributed by atoms with van der Waals surface area (Å²) < 4.78 is 13.5. The smallest absolute Gasteiger partial charge is 0.237 e. The second-order valence-corrected chi connectivity index (χ2v) is 10.6. The Bertz CT molecular complexity index is 1070. The predicted octanol–water partition coefficient (Wildman–Crippen LogP) is 3.96. The van der Waals surface area contributed by atoms with E-state index in [2.05, 4.69) is 58.4 Å². The molecule has 1 amide bonds. The molecular weight excluding hydrogens is 459 g/mol. The number of nitrogens with zero attached hydrogens (tertiary/aromatic N) is 2. The summed E-state index contributed by atoms with van der Waals surface area (Å²) in [5.41, 5.74) is 8.01. The fourth-order valence-corrected chi connectivity index (χ4v) is 5.72. The highest BCUT2D eigenvalue weighted by atomic mass is 32.1. The van der Waals surface area contributed by atoms with E-state index < -0.39 is 0 Å². The van der Waals surface area contributed by atoms with Gasteiger partial charge in [0, 0.05) is 55.1 Å². The predicted molar refractivity (Wildman–Crippen MR) is 141 cm³/mol. The first-order valence-corrected chi connectivity index (χ1v) is 13.1. The first-order valence-electron chi connectivity index (χ1n) is 12.3. The average Bonchev–Trinajstić information content (AvgIpc) is 3.48. The molecule has 3 aromatic rings. The van der Waals surface area contributed by atoms with E-state index in [0.29, 0.717) is 13.1 Å². The number of likely N-dealkylation sites (tertiary alicyclic amines) is 1. The number of halogens is 1. The summed E-state index contributed by atoms with van der Waals surface area (Å²) in [7, 11) is 0. The first kappa shape index (κ1) is 25.5. The molecular formula is C28H35FN4OS. The number of benzene rings is 2. The van der Waals surface area contributed by atoms with Crippen LogP contribution in [0, 0.1) is 12.7 Å². The zero-order valence-corrected chi connectivity index (χ0v) is 21.1. The van der Waals surface area contributed by atoms with E-state index >= 15 is 0 Å². The van der Waals surface area contributed by atoms with Crippen LogP contribution < -0.4 is 11.1 Å². The largest absolute Gasteiger partial charge is 0.353 e. The molecule has 2 heterocycles. The van der Waals surface area contributed by atoms with Crippen molar-refractivity contribution < 1.29 is 9.18 Å². The van der Waals surface area contributed by atoms with Crippen LogP contribution in [0.15, 0.2) is 66.7 Å². The molecule has 1 saturated heterocycles. The van der Waals surface area contributed by atoms with Gasteiger partial charge in [0.15, 0.2) is 0 Å². The van der Waals surface area contributed by atoms with Gasteiger partial charge in [0.25, 0.3) is 0 Å². The SMILES string of the molecule is Cc1ccc(CN2CC(N(CCc3ccccc3)Cc3ccc(F)cc3)CC2C(=O)NCCN)s1. The maximum atomic E-state index is 13.5. The normalized spacial score (nSPS) is 18.3. The van der Waals surface area contributed by atoms with Crippen LogP contribution in [0.25, 0.3) is 0 Å². The molecule has 2 atom stereocenters. The summed E-state index contributed by atoms with van der Waals surface area (Å²) in [5.74, 6) is -0.171. The summed E-state index contributed by atoms with van der Waals surface area (Å²) >= 11 is 1.78. The number of nitrogens with one attached hydrogen (secondary N) is 1. The lowest BCUT2D eigenvalue weighted by Gasteiger charge is -2.29. The highest BCUT2D eigenvalue weighted by molar-refractivity contribution is 7.11. The monoisotopic (exact) mass is 494 g/mol. The van der Waals surface area contributed by atoms with Gasteiger partial charge in [-0.3, -0.25) is 14.6 Å². The lowest BCUT2D eigenvalue weighted by atomic mass is 10.1. The number of carbonyl (C=O) groups is 1. The molecule has 4 rings (SSSR count). The molecule has 1 aliphatic heterocycles.